The largest absolute Gasteiger partial charge is 0.0819 e. The average molecular weight is 242 g/mol. The summed E-state index contributed by atoms with van der Waals surface area (Å²) in [4.78, 5) is 0. The molecule has 2 rings (SSSR count). The predicted molar refractivity (Wildman–Crippen MR) is 79.7 cm³/mol. The van der Waals surface area contributed by atoms with Gasteiger partial charge in [0.2, 0.25) is 0 Å². The van der Waals surface area contributed by atoms with Crippen molar-refractivity contribution in [2.45, 2.75) is 52.9 Å². The highest BCUT2D eigenvalue weighted by Gasteiger charge is 2.44. The van der Waals surface area contributed by atoms with Crippen LogP contribution in [0.25, 0.3) is 0 Å². The molecule has 1 aliphatic rings. The van der Waals surface area contributed by atoms with Gasteiger partial charge >= 0.3 is 0 Å². The molecule has 0 aliphatic heterocycles. The zero-order chi connectivity index (χ0) is 13.4. The van der Waals surface area contributed by atoms with Gasteiger partial charge in [0.25, 0.3) is 0 Å². The van der Waals surface area contributed by atoms with Gasteiger partial charge in [-0.25, -0.2) is 0 Å². The van der Waals surface area contributed by atoms with Crippen LogP contribution < -0.4 is 0 Å². The van der Waals surface area contributed by atoms with E-state index in [0.29, 0.717) is 11.3 Å². The second kappa shape index (κ2) is 4.57. The maximum Gasteiger partial charge on any atom is 0.0182 e. The maximum atomic E-state index is 2.49. The lowest BCUT2D eigenvalue weighted by molar-refractivity contribution is 0.195. The summed E-state index contributed by atoms with van der Waals surface area (Å²) in [6.07, 6.45) is 5.07. The van der Waals surface area contributed by atoms with E-state index in [1.54, 1.807) is 0 Å². The molecule has 2 atom stereocenters. The number of allylic oxidation sites excluding steroid dienone is 2. The van der Waals surface area contributed by atoms with E-state index in [9.17, 15) is 0 Å². The monoisotopic (exact) mass is 242 g/mol. The van der Waals surface area contributed by atoms with Gasteiger partial charge in [-0.05, 0) is 36.7 Å². The Morgan fingerprint density at radius 1 is 1.06 bits per heavy atom. The van der Waals surface area contributed by atoms with Crippen LogP contribution in [0.4, 0.5) is 0 Å². The summed E-state index contributed by atoms with van der Waals surface area (Å²) >= 11 is 0. The summed E-state index contributed by atoms with van der Waals surface area (Å²) in [7, 11) is 0. The molecule has 1 aromatic carbocycles. The first-order valence-corrected chi connectivity index (χ1v) is 7.12. The van der Waals surface area contributed by atoms with Crippen molar-refractivity contribution in [1.29, 1.82) is 0 Å². The van der Waals surface area contributed by atoms with Gasteiger partial charge in [-0.2, -0.15) is 0 Å². The fourth-order valence-corrected chi connectivity index (χ4v) is 3.44. The van der Waals surface area contributed by atoms with E-state index in [1.165, 1.54) is 24.0 Å². The third-order valence-electron chi connectivity index (χ3n) is 5.25. The fourth-order valence-electron chi connectivity index (χ4n) is 3.44. The number of rotatable bonds is 1. The number of hydrogen-bond donors (Lipinski definition) is 0. The van der Waals surface area contributed by atoms with Crippen LogP contribution in [-0.4, -0.2) is 0 Å². The quantitative estimate of drug-likeness (QED) is 0.583. The van der Waals surface area contributed by atoms with Gasteiger partial charge in [-0.15, -0.1) is 0 Å². The minimum atomic E-state index is 0.152. The van der Waals surface area contributed by atoms with E-state index < -0.39 is 0 Å². The van der Waals surface area contributed by atoms with Crippen molar-refractivity contribution < 1.29 is 0 Å². The molecule has 1 aromatic rings. The van der Waals surface area contributed by atoms with E-state index >= 15 is 0 Å². The minimum Gasteiger partial charge on any atom is -0.0819 e. The molecule has 0 saturated carbocycles. The first-order valence-electron chi connectivity index (χ1n) is 7.12. The molecule has 0 N–H and O–H groups in total. The second-order valence-electron chi connectivity index (χ2n) is 6.74. The van der Waals surface area contributed by atoms with E-state index in [-0.39, 0.29) is 5.41 Å². The highest BCUT2D eigenvalue weighted by molar-refractivity contribution is 5.38. The molecule has 0 fully saturated rings. The van der Waals surface area contributed by atoms with E-state index in [2.05, 4.69) is 71.0 Å². The lowest BCUT2D eigenvalue weighted by Crippen LogP contribution is -2.39. The van der Waals surface area contributed by atoms with Crippen LogP contribution in [0.1, 0.15) is 53.0 Å². The summed E-state index contributed by atoms with van der Waals surface area (Å²) in [5.74, 6) is 0.704. The van der Waals surface area contributed by atoms with Crippen molar-refractivity contribution in [3.63, 3.8) is 0 Å². The van der Waals surface area contributed by atoms with E-state index in [1.807, 2.05) is 0 Å². The molecule has 0 heteroatoms. The summed E-state index contributed by atoms with van der Waals surface area (Å²) in [5.41, 5.74) is 3.44. The first-order chi connectivity index (χ1) is 8.38. The lowest BCUT2D eigenvalue weighted by atomic mass is 9.58. The highest BCUT2D eigenvalue weighted by Crippen LogP contribution is 2.51. The van der Waals surface area contributed by atoms with Crippen molar-refractivity contribution in [2.75, 3.05) is 0 Å². The first kappa shape index (κ1) is 13.4. The Hall–Kier alpha value is -1.04. The minimum absolute atomic E-state index is 0.152. The molecule has 0 bridgehead atoms. The molecule has 0 amide bonds. The van der Waals surface area contributed by atoms with E-state index in [0.717, 1.165) is 0 Å². The zero-order valence-corrected chi connectivity index (χ0v) is 12.5. The van der Waals surface area contributed by atoms with Crippen molar-refractivity contribution in [3.05, 3.63) is 47.5 Å². The normalized spacial score (nSPS) is 31.6. The summed E-state index contributed by atoms with van der Waals surface area (Å²) in [6, 6.07) is 11.0. The maximum absolute atomic E-state index is 2.49. The average Bonchev–Trinajstić information content (AvgIpc) is 2.42. The van der Waals surface area contributed by atoms with Crippen LogP contribution in [0.5, 0.6) is 0 Å². The fraction of sp³-hybridized carbons (Fsp3) is 0.556. The van der Waals surface area contributed by atoms with Crippen molar-refractivity contribution in [2.24, 2.45) is 11.3 Å². The van der Waals surface area contributed by atoms with Gasteiger partial charge in [0.05, 0.1) is 0 Å². The van der Waals surface area contributed by atoms with Crippen LogP contribution in [-0.2, 0) is 5.41 Å². The molecular formula is C18H26. The number of benzene rings is 1. The van der Waals surface area contributed by atoms with E-state index in [4.69, 9.17) is 0 Å². The van der Waals surface area contributed by atoms with Crippen molar-refractivity contribution in [1.82, 2.24) is 0 Å². The van der Waals surface area contributed by atoms with Gasteiger partial charge in [0.1, 0.15) is 0 Å². The topological polar surface area (TPSA) is 0 Å². The van der Waals surface area contributed by atoms with Crippen LogP contribution >= 0.6 is 0 Å². The second-order valence-corrected chi connectivity index (χ2v) is 6.74. The molecule has 0 heterocycles. The molecule has 18 heavy (non-hydrogen) atoms. The van der Waals surface area contributed by atoms with Crippen LogP contribution in [0.3, 0.4) is 0 Å². The summed E-state index contributed by atoms with van der Waals surface area (Å²) in [5, 5.41) is 0. The van der Waals surface area contributed by atoms with Crippen LogP contribution in [0.15, 0.2) is 42.0 Å². The van der Waals surface area contributed by atoms with Gasteiger partial charge in [-0.1, -0.05) is 69.7 Å². The Bertz CT molecular complexity index is 438. The molecule has 1 unspecified atom stereocenters. The molecule has 0 radical (unpaired) electrons. The van der Waals surface area contributed by atoms with Gasteiger partial charge in [0, 0.05) is 5.41 Å². The van der Waals surface area contributed by atoms with Crippen molar-refractivity contribution >= 4 is 0 Å². The summed E-state index contributed by atoms with van der Waals surface area (Å²) in [6.45, 7) is 11.9. The van der Waals surface area contributed by atoms with Gasteiger partial charge < -0.3 is 0 Å². The summed E-state index contributed by atoms with van der Waals surface area (Å²) < 4.78 is 0. The molecule has 0 aromatic heterocycles. The third-order valence-corrected chi connectivity index (χ3v) is 5.25. The number of hydrogen-bond acceptors (Lipinski definition) is 0. The predicted octanol–water partition coefficient (Wildman–Crippen LogP) is 5.35. The molecule has 1 aliphatic carbocycles. The smallest absolute Gasteiger partial charge is 0.0182 e. The molecule has 0 nitrogen and oxygen atoms in total. The Morgan fingerprint density at radius 2 is 1.67 bits per heavy atom. The lowest BCUT2D eigenvalue weighted by Gasteiger charge is -2.45. The molecule has 98 valence electrons. The standard InChI is InChI=1S/C18H26/c1-14-11-12-17(3,4)18(5,15(2)13-14)16-9-7-6-8-10-16/h6-10,13-14H,11-12H2,1-5H3/t14?,18-/m0/s1. The van der Waals surface area contributed by atoms with Gasteiger partial charge in [0.15, 0.2) is 0 Å². The molecular weight excluding hydrogens is 216 g/mol. The third kappa shape index (κ3) is 2.02. The van der Waals surface area contributed by atoms with Crippen molar-refractivity contribution in [3.8, 4) is 0 Å². The Balaban J connectivity index is 2.59. The Kier molecular flexibility index (Phi) is 3.40. The van der Waals surface area contributed by atoms with Gasteiger partial charge in [-0.3, -0.25) is 0 Å². The SMILES string of the molecule is CC1=CC(C)CCC(C)(C)[C@]1(C)c1ccccc1. The molecule has 0 saturated heterocycles. The Labute approximate surface area is 112 Å². The van der Waals surface area contributed by atoms with Crippen LogP contribution in [0.2, 0.25) is 0 Å². The Morgan fingerprint density at radius 3 is 2.28 bits per heavy atom. The van der Waals surface area contributed by atoms with Crippen LogP contribution in [0, 0.1) is 11.3 Å². The highest BCUT2D eigenvalue weighted by atomic mass is 14.5. The molecule has 0 spiro atoms. The zero-order valence-electron chi connectivity index (χ0n) is 12.5.